The van der Waals surface area contributed by atoms with Gasteiger partial charge in [-0.05, 0) is 19.4 Å². The van der Waals surface area contributed by atoms with Crippen molar-refractivity contribution in [1.29, 1.82) is 0 Å². The normalized spacial score (nSPS) is 9.44. The van der Waals surface area contributed by atoms with Crippen LogP contribution < -0.4 is 5.73 Å². The Morgan fingerprint density at radius 3 is 1.81 bits per heavy atom. The van der Waals surface area contributed by atoms with Crippen molar-refractivity contribution in [2.24, 2.45) is 5.73 Å². The van der Waals surface area contributed by atoms with Gasteiger partial charge in [0.2, 0.25) is 0 Å². The molecule has 0 saturated carbocycles. The van der Waals surface area contributed by atoms with Crippen LogP contribution in [0.25, 0.3) is 0 Å². The number of hydrogen-bond acceptors (Lipinski definition) is 2. The van der Waals surface area contributed by atoms with Crippen molar-refractivity contribution in [1.82, 2.24) is 0 Å². The van der Waals surface area contributed by atoms with Crippen LogP contribution in [0.15, 0.2) is 0 Å². The van der Waals surface area contributed by atoms with Crippen LogP contribution in [0.2, 0.25) is 0 Å². The first-order valence-corrected chi connectivity index (χ1v) is 6.60. The summed E-state index contributed by atoms with van der Waals surface area (Å²) in [5, 5.41) is 8.21. The molecule has 0 amide bonds. The highest BCUT2D eigenvalue weighted by molar-refractivity contribution is 5.66. The zero-order valence-electron chi connectivity index (χ0n) is 11.0. The standard InChI is InChI=1S/C7H14O2.C6H15N/c1-2-3-4-5-6-7(8)9;1-2-3-4-5-6-7/h2-6H2,1H3,(H,8,9);2-7H2,1H3. The highest BCUT2D eigenvalue weighted by atomic mass is 16.4. The smallest absolute Gasteiger partial charge is 0.303 e. The average Bonchev–Trinajstić information content (AvgIpc) is 2.26. The molecule has 0 aliphatic carbocycles. The maximum atomic E-state index is 9.96. The Hall–Kier alpha value is -0.570. The highest BCUT2D eigenvalue weighted by Gasteiger charge is 1.93. The summed E-state index contributed by atoms with van der Waals surface area (Å²) in [4.78, 5) is 9.96. The Morgan fingerprint density at radius 1 is 0.938 bits per heavy atom. The van der Waals surface area contributed by atoms with Gasteiger partial charge in [0, 0.05) is 6.42 Å². The molecule has 3 N–H and O–H groups in total. The van der Waals surface area contributed by atoms with Gasteiger partial charge in [-0.1, -0.05) is 52.4 Å². The van der Waals surface area contributed by atoms with Crippen molar-refractivity contribution in [3.8, 4) is 0 Å². The van der Waals surface area contributed by atoms with E-state index in [1.807, 2.05) is 0 Å². The summed E-state index contributed by atoms with van der Waals surface area (Å²) in [6.07, 6.45) is 9.72. The van der Waals surface area contributed by atoms with Crippen LogP contribution in [0.4, 0.5) is 0 Å². The van der Waals surface area contributed by atoms with Gasteiger partial charge in [-0.2, -0.15) is 0 Å². The summed E-state index contributed by atoms with van der Waals surface area (Å²) in [6, 6.07) is 0. The largest absolute Gasteiger partial charge is 0.481 e. The number of hydrogen-bond donors (Lipinski definition) is 2. The third kappa shape index (κ3) is 23.3. The summed E-state index contributed by atoms with van der Waals surface area (Å²) in [5.41, 5.74) is 5.27. The monoisotopic (exact) mass is 231 g/mol. The maximum Gasteiger partial charge on any atom is 0.303 e. The van der Waals surface area contributed by atoms with Gasteiger partial charge in [-0.3, -0.25) is 4.79 Å². The third-order valence-electron chi connectivity index (χ3n) is 2.30. The molecule has 98 valence electrons. The fraction of sp³-hybridized carbons (Fsp3) is 0.923. The summed E-state index contributed by atoms with van der Waals surface area (Å²) in [7, 11) is 0. The van der Waals surface area contributed by atoms with Gasteiger partial charge in [0.1, 0.15) is 0 Å². The molecule has 16 heavy (non-hydrogen) atoms. The lowest BCUT2D eigenvalue weighted by Crippen LogP contribution is -1.97. The number of nitrogens with two attached hydrogens (primary N) is 1. The molecule has 0 aromatic rings. The topological polar surface area (TPSA) is 63.3 Å². The Bertz CT molecular complexity index is 134. The molecule has 3 nitrogen and oxygen atoms in total. The number of aliphatic carboxylic acids is 1. The Morgan fingerprint density at radius 2 is 1.44 bits per heavy atom. The summed E-state index contributed by atoms with van der Waals surface area (Å²) in [6.45, 7) is 5.18. The SMILES string of the molecule is CCCCCCC(=O)O.CCCCCCN. The molecule has 0 heterocycles. The molecule has 3 heteroatoms. The van der Waals surface area contributed by atoms with Crippen molar-refractivity contribution >= 4 is 5.97 Å². The van der Waals surface area contributed by atoms with E-state index < -0.39 is 5.97 Å². The van der Waals surface area contributed by atoms with Crippen molar-refractivity contribution in [3.63, 3.8) is 0 Å². The predicted molar refractivity (Wildman–Crippen MR) is 69.6 cm³/mol. The first-order chi connectivity index (χ1) is 7.68. The fourth-order valence-corrected chi connectivity index (χ4v) is 1.27. The first-order valence-electron chi connectivity index (χ1n) is 6.60. The van der Waals surface area contributed by atoms with Crippen molar-refractivity contribution in [3.05, 3.63) is 0 Å². The summed E-state index contributed by atoms with van der Waals surface area (Å²) >= 11 is 0. The summed E-state index contributed by atoms with van der Waals surface area (Å²) < 4.78 is 0. The molecule has 0 aliphatic rings. The molecule has 0 saturated heterocycles. The average molecular weight is 231 g/mol. The van der Waals surface area contributed by atoms with E-state index in [1.165, 1.54) is 32.1 Å². The van der Waals surface area contributed by atoms with Gasteiger partial charge in [0.05, 0.1) is 0 Å². The van der Waals surface area contributed by atoms with E-state index in [9.17, 15) is 4.79 Å². The van der Waals surface area contributed by atoms with Crippen LogP contribution in [0.3, 0.4) is 0 Å². The van der Waals surface area contributed by atoms with Gasteiger partial charge in [-0.15, -0.1) is 0 Å². The van der Waals surface area contributed by atoms with Crippen LogP contribution in [0.1, 0.15) is 71.6 Å². The number of rotatable bonds is 9. The number of carbonyl (C=O) groups is 1. The summed E-state index contributed by atoms with van der Waals surface area (Å²) in [5.74, 6) is -0.675. The molecule has 0 bridgehead atoms. The minimum absolute atomic E-state index is 0.333. The van der Waals surface area contributed by atoms with Gasteiger partial charge >= 0.3 is 5.97 Å². The number of carboxylic acid groups (broad SMARTS) is 1. The molecule has 0 aliphatic heterocycles. The van der Waals surface area contributed by atoms with Crippen LogP contribution in [0.5, 0.6) is 0 Å². The van der Waals surface area contributed by atoms with Crippen LogP contribution in [-0.4, -0.2) is 17.6 Å². The van der Waals surface area contributed by atoms with Gasteiger partial charge in [0.25, 0.3) is 0 Å². The van der Waals surface area contributed by atoms with E-state index in [4.69, 9.17) is 10.8 Å². The van der Waals surface area contributed by atoms with E-state index >= 15 is 0 Å². The van der Waals surface area contributed by atoms with Crippen LogP contribution >= 0.6 is 0 Å². The third-order valence-corrected chi connectivity index (χ3v) is 2.30. The van der Waals surface area contributed by atoms with E-state index in [0.717, 1.165) is 25.8 Å². The zero-order chi connectivity index (χ0) is 12.6. The number of unbranched alkanes of at least 4 members (excludes halogenated alkanes) is 6. The lowest BCUT2D eigenvalue weighted by atomic mass is 10.2. The van der Waals surface area contributed by atoms with Crippen molar-refractivity contribution in [2.45, 2.75) is 71.6 Å². The molecule has 0 fully saturated rings. The molecule has 0 atom stereocenters. The van der Waals surface area contributed by atoms with E-state index in [1.54, 1.807) is 0 Å². The van der Waals surface area contributed by atoms with Gasteiger partial charge < -0.3 is 10.8 Å². The Kier molecular flexibility index (Phi) is 18.8. The molecular formula is C13H29NO2. The Labute approximate surface area is 100 Å². The molecule has 0 unspecified atom stereocenters. The van der Waals surface area contributed by atoms with Crippen molar-refractivity contribution in [2.75, 3.05) is 6.54 Å². The number of carboxylic acids is 1. The van der Waals surface area contributed by atoms with Crippen LogP contribution in [0, 0.1) is 0 Å². The molecular weight excluding hydrogens is 202 g/mol. The lowest BCUT2D eigenvalue weighted by molar-refractivity contribution is -0.137. The zero-order valence-corrected chi connectivity index (χ0v) is 11.0. The lowest BCUT2D eigenvalue weighted by Gasteiger charge is -1.92. The van der Waals surface area contributed by atoms with Gasteiger partial charge in [-0.25, -0.2) is 0 Å². The molecule has 0 aromatic carbocycles. The predicted octanol–water partition coefficient (Wildman–Crippen LogP) is 3.57. The molecule has 0 spiro atoms. The fourth-order valence-electron chi connectivity index (χ4n) is 1.27. The molecule has 0 aromatic heterocycles. The van der Waals surface area contributed by atoms with E-state index in [0.29, 0.717) is 6.42 Å². The Balaban J connectivity index is 0. The van der Waals surface area contributed by atoms with Gasteiger partial charge in [0.15, 0.2) is 0 Å². The van der Waals surface area contributed by atoms with Crippen molar-refractivity contribution < 1.29 is 9.90 Å². The minimum atomic E-state index is -0.675. The molecule has 0 rings (SSSR count). The second kappa shape index (κ2) is 16.8. The second-order valence-electron chi connectivity index (χ2n) is 4.05. The first kappa shape index (κ1) is 17.8. The maximum absolute atomic E-state index is 9.96. The van der Waals surface area contributed by atoms with E-state index in [2.05, 4.69) is 13.8 Å². The second-order valence-corrected chi connectivity index (χ2v) is 4.05. The van der Waals surface area contributed by atoms with E-state index in [-0.39, 0.29) is 0 Å². The molecule has 0 radical (unpaired) electrons. The highest BCUT2D eigenvalue weighted by Crippen LogP contribution is 2.01. The quantitative estimate of drug-likeness (QED) is 0.596. The van der Waals surface area contributed by atoms with Crippen LogP contribution in [-0.2, 0) is 4.79 Å². The minimum Gasteiger partial charge on any atom is -0.481 e.